The Morgan fingerprint density at radius 1 is 1.12 bits per heavy atom. The van der Waals surface area contributed by atoms with Gasteiger partial charge in [-0.15, -0.1) is 0 Å². The number of likely N-dealkylation sites (N-methyl/N-ethyl adjacent to an activating group) is 1. The molecule has 2 heterocycles. The molecule has 0 saturated carbocycles. The predicted octanol–water partition coefficient (Wildman–Crippen LogP) is 3.50. The monoisotopic (exact) mass is 604 g/mol. The first-order valence-corrected chi connectivity index (χ1v) is 16.0. The highest BCUT2D eigenvalue weighted by Gasteiger charge is 2.27. The van der Waals surface area contributed by atoms with Gasteiger partial charge >= 0.3 is 5.69 Å². The Balaban J connectivity index is 0.000000892. The highest BCUT2D eigenvalue weighted by Crippen LogP contribution is 2.29. The number of fused-ring (bicyclic) bond motifs is 1. The number of aryl methyl sites for hydroxylation is 1. The largest absolute Gasteiger partial charge is 0.497 e. The molecule has 1 aliphatic heterocycles. The van der Waals surface area contributed by atoms with Crippen molar-refractivity contribution in [3.05, 3.63) is 58.5 Å². The number of aromatic nitrogens is 2. The number of rotatable bonds is 10. The highest BCUT2D eigenvalue weighted by molar-refractivity contribution is 7.85. The lowest BCUT2D eigenvalue weighted by atomic mass is 10.0. The van der Waals surface area contributed by atoms with E-state index >= 15 is 0 Å². The summed E-state index contributed by atoms with van der Waals surface area (Å²) in [6.45, 7) is 9.30. The third-order valence-electron chi connectivity index (χ3n) is 7.52. The molecule has 3 aromatic rings. The van der Waals surface area contributed by atoms with E-state index in [9.17, 15) is 18.0 Å². The smallest absolute Gasteiger partial charge is 0.329 e. The van der Waals surface area contributed by atoms with Crippen molar-refractivity contribution in [2.75, 3.05) is 40.0 Å². The third kappa shape index (κ3) is 9.07. The summed E-state index contributed by atoms with van der Waals surface area (Å²) in [5.74, 6) is 1.89. The fraction of sp³-hybridized carbons (Fsp3) is 0.533. The highest BCUT2D eigenvalue weighted by atomic mass is 32.2. The van der Waals surface area contributed by atoms with Gasteiger partial charge < -0.3 is 19.7 Å². The predicted molar refractivity (Wildman–Crippen MR) is 164 cm³/mol. The SMILES string of the molecule is CNC(=O)Cn1c(=O)n(C2CCN(CCC(Oc3cc(OC)ccc3C)C(C)C)CC2)c2ccccc21.CS(=O)(=O)O. The van der Waals surface area contributed by atoms with Crippen LogP contribution >= 0.6 is 0 Å². The standard InChI is InChI=1S/C29H40N4O4.CH4O3S/c1-20(2)26(37-27-18-23(36-5)11-10-21(27)3)14-17-31-15-12-22(13-16-31)33-25-9-7-6-8-24(25)32(29(33)35)19-28(34)30-4;1-5(2,3)4/h6-11,18,20,22,26H,12-17,19H2,1-5H3,(H,30,34);1H3,(H,2,3,4). The van der Waals surface area contributed by atoms with Crippen LogP contribution in [-0.4, -0.2) is 79.1 Å². The number of nitrogens with one attached hydrogen (secondary N) is 1. The summed E-state index contributed by atoms with van der Waals surface area (Å²) in [5, 5.41) is 2.62. The van der Waals surface area contributed by atoms with Crippen molar-refractivity contribution in [3.63, 3.8) is 0 Å². The van der Waals surface area contributed by atoms with Crippen LogP contribution < -0.4 is 20.5 Å². The van der Waals surface area contributed by atoms with Gasteiger partial charge in [0.05, 0.1) is 24.4 Å². The van der Waals surface area contributed by atoms with Gasteiger partial charge in [0, 0.05) is 38.8 Å². The molecule has 0 radical (unpaired) electrons. The molecule has 0 spiro atoms. The van der Waals surface area contributed by atoms with Crippen LogP contribution in [0.25, 0.3) is 11.0 Å². The minimum Gasteiger partial charge on any atom is -0.497 e. The van der Waals surface area contributed by atoms with Gasteiger partial charge in [-0.25, -0.2) is 4.79 Å². The Morgan fingerprint density at radius 3 is 2.31 bits per heavy atom. The summed E-state index contributed by atoms with van der Waals surface area (Å²) in [5.41, 5.74) is 2.71. The van der Waals surface area contributed by atoms with E-state index in [1.165, 1.54) is 0 Å². The summed E-state index contributed by atoms with van der Waals surface area (Å²) in [6, 6.07) is 13.8. The summed E-state index contributed by atoms with van der Waals surface area (Å²) in [4.78, 5) is 27.9. The average molecular weight is 605 g/mol. The average Bonchev–Trinajstić information content (AvgIpc) is 3.21. The molecule has 1 aromatic heterocycles. The van der Waals surface area contributed by atoms with Crippen molar-refractivity contribution >= 4 is 27.1 Å². The van der Waals surface area contributed by atoms with Crippen LogP contribution in [0.2, 0.25) is 0 Å². The Morgan fingerprint density at radius 2 is 1.74 bits per heavy atom. The zero-order chi connectivity index (χ0) is 31.0. The fourth-order valence-corrected chi connectivity index (χ4v) is 5.20. The quantitative estimate of drug-likeness (QED) is 0.336. The van der Waals surface area contributed by atoms with Crippen molar-refractivity contribution in [1.82, 2.24) is 19.4 Å². The number of para-hydroxylation sites is 2. The van der Waals surface area contributed by atoms with Crippen LogP contribution in [0.1, 0.15) is 44.7 Å². The number of carbonyl (C=O) groups excluding carboxylic acids is 1. The fourth-order valence-electron chi connectivity index (χ4n) is 5.20. The number of piperidine rings is 1. The molecule has 1 amide bonds. The van der Waals surface area contributed by atoms with E-state index < -0.39 is 10.1 Å². The van der Waals surface area contributed by atoms with Crippen LogP contribution in [0.15, 0.2) is 47.3 Å². The molecule has 232 valence electrons. The molecule has 1 unspecified atom stereocenters. The minimum absolute atomic E-state index is 0.0328. The van der Waals surface area contributed by atoms with E-state index in [0.29, 0.717) is 12.2 Å². The van der Waals surface area contributed by atoms with Crippen LogP contribution in [-0.2, 0) is 21.5 Å². The van der Waals surface area contributed by atoms with Gasteiger partial charge in [-0.3, -0.25) is 18.5 Å². The number of benzene rings is 2. The number of imidazole rings is 1. The maximum Gasteiger partial charge on any atom is 0.329 e. The van der Waals surface area contributed by atoms with Gasteiger partial charge in [-0.05, 0) is 55.9 Å². The van der Waals surface area contributed by atoms with Crippen molar-refractivity contribution < 1.29 is 27.2 Å². The lowest BCUT2D eigenvalue weighted by Crippen LogP contribution is -2.40. The molecule has 1 fully saturated rings. The topological polar surface area (TPSA) is 132 Å². The van der Waals surface area contributed by atoms with E-state index in [1.54, 1.807) is 18.7 Å². The van der Waals surface area contributed by atoms with Gasteiger partial charge in [0.25, 0.3) is 10.1 Å². The summed E-state index contributed by atoms with van der Waals surface area (Å²) in [6.07, 6.45) is 3.55. The summed E-state index contributed by atoms with van der Waals surface area (Å²) in [7, 11) is -0.402. The van der Waals surface area contributed by atoms with Crippen molar-refractivity contribution in [2.45, 2.75) is 58.7 Å². The molecule has 0 bridgehead atoms. The Labute approximate surface area is 248 Å². The molecule has 1 atom stereocenters. The normalized spacial score (nSPS) is 15.2. The third-order valence-corrected chi connectivity index (χ3v) is 7.52. The first-order chi connectivity index (χ1) is 19.8. The van der Waals surface area contributed by atoms with Crippen LogP contribution in [0.3, 0.4) is 0 Å². The molecule has 2 N–H and O–H groups in total. The molecular weight excluding hydrogens is 560 g/mol. The molecule has 2 aromatic carbocycles. The van der Waals surface area contributed by atoms with Crippen molar-refractivity contribution in [1.29, 1.82) is 0 Å². The number of carbonyl (C=O) groups is 1. The second-order valence-corrected chi connectivity index (χ2v) is 12.5. The van der Waals surface area contributed by atoms with Crippen LogP contribution in [0, 0.1) is 12.8 Å². The molecule has 0 aliphatic carbocycles. The van der Waals surface area contributed by atoms with Crippen molar-refractivity contribution in [3.8, 4) is 11.5 Å². The van der Waals surface area contributed by atoms with E-state index in [2.05, 4.69) is 31.0 Å². The number of nitrogens with zero attached hydrogens (tertiary/aromatic N) is 3. The molecule has 12 heteroatoms. The van der Waals surface area contributed by atoms with E-state index in [0.717, 1.165) is 67.0 Å². The lowest BCUT2D eigenvalue weighted by molar-refractivity contribution is -0.121. The van der Waals surface area contributed by atoms with Gasteiger partial charge in [-0.2, -0.15) is 8.42 Å². The van der Waals surface area contributed by atoms with Gasteiger partial charge in [0.15, 0.2) is 0 Å². The van der Waals surface area contributed by atoms with Gasteiger partial charge in [0.1, 0.15) is 24.1 Å². The number of amides is 1. The van der Waals surface area contributed by atoms with E-state index in [1.807, 2.05) is 47.0 Å². The first kappa shape index (κ1) is 33.2. The summed E-state index contributed by atoms with van der Waals surface area (Å²) >= 11 is 0. The van der Waals surface area contributed by atoms with Gasteiger partial charge in [-0.1, -0.05) is 32.0 Å². The maximum atomic E-state index is 13.4. The number of hydrogen-bond acceptors (Lipinski definition) is 7. The number of likely N-dealkylation sites (tertiary alicyclic amines) is 1. The zero-order valence-corrected chi connectivity index (χ0v) is 26.2. The maximum absolute atomic E-state index is 13.4. The van der Waals surface area contributed by atoms with Crippen molar-refractivity contribution in [2.24, 2.45) is 5.92 Å². The van der Waals surface area contributed by atoms with Crippen LogP contribution in [0.5, 0.6) is 11.5 Å². The first-order valence-electron chi connectivity index (χ1n) is 14.2. The molecule has 1 aliphatic rings. The van der Waals surface area contributed by atoms with E-state index in [4.69, 9.17) is 14.0 Å². The lowest BCUT2D eigenvalue weighted by Gasteiger charge is -2.34. The molecule has 42 heavy (non-hydrogen) atoms. The number of ether oxygens (including phenoxy) is 2. The number of methoxy groups -OCH3 is 1. The van der Waals surface area contributed by atoms with Crippen LogP contribution in [0.4, 0.5) is 0 Å². The van der Waals surface area contributed by atoms with E-state index in [-0.39, 0.29) is 30.3 Å². The second kappa shape index (κ2) is 14.7. The summed E-state index contributed by atoms with van der Waals surface area (Å²) < 4.78 is 41.2. The Bertz CT molecular complexity index is 1500. The Hall–Kier alpha value is -3.35. The molecular formula is C30H44N4O7S. The zero-order valence-electron chi connectivity index (χ0n) is 25.4. The second-order valence-electron chi connectivity index (χ2n) is 11.0. The Kier molecular flexibility index (Phi) is 11.6. The molecule has 4 rings (SSSR count). The minimum atomic E-state index is -3.67. The molecule has 1 saturated heterocycles. The molecule has 11 nitrogen and oxygen atoms in total. The van der Waals surface area contributed by atoms with Gasteiger partial charge in [0.2, 0.25) is 5.91 Å². The number of hydrogen-bond donors (Lipinski definition) is 2.